The number of nitrogens with one attached hydrogen (secondary N) is 4. The predicted molar refractivity (Wildman–Crippen MR) is 114 cm³/mol. The van der Waals surface area contributed by atoms with E-state index in [4.69, 9.17) is 0 Å². The van der Waals surface area contributed by atoms with Crippen LogP contribution in [-0.4, -0.2) is 38.0 Å². The third kappa shape index (κ3) is 5.35. The summed E-state index contributed by atoms with van der Waals surface area (Å²) in [6.45, 7) is 1.72. The van der Waals surface area contributed by atoms with Crippen LogP contribution in [0.5, 0.6) is 0 Å². The molecule has 0 unspecified atom stereocenters. The normalized spacial score (nSPS) is 11.2. The molecule has 0 atom stereocenters. The van der Waals surface area contributed by atoms with Gasteiger partial charge in [-0.25, -0.2) is 8.42 Å². The Morgan fingerprint density at radius 2 is 1.86 bits per heavy atom. The van der Waals surface area contributed by atoms with Gasteiger partial charge in [-0.05, 0) is 36.2 Å². The van der Waals surface area contributed by atoms with Crippen LogP contribution in [0.15, 0.2) is 48.7 Å². The average molecular weight is 414 g/mol. The van der Waals surface area contributed by atoms with Crippen molar-refractivity contribution in [3.05, 3.63) is 59.8 Å². The van der Waals surface area contributed by atoms with Crippen LogP contribution >= 0.6 is 0 Å². The molecule has 3 aromatic rings. The van der Waals surface area contributed by atoms with Gasteiger partial charge in [-0.2, -0.15) is 0 Å². The summed E-state index contributed by atoms with van der Waals surface area (Å²) in [6, 6.07) is 12.3. The molecule has 0 aliphatic heterocycles. The standard InChI is InChI=1S/C20H22N4O4S/c1-13(25)23-15-7-8-19(24-29(2,27)28)17(11-15)20(26)21-10-9-14-12-22-18-6-4-3-5-16(14)18/h3-8,11-12,22,24H,9-10H2,1-2H3,(H,21,26)(H,23,25). The van der Waals surface area contributed by atoms with Gasteiger partial charge in [0.1, 0.15) is 0 Å². The molecule has 0 aliphatic carbocycles. The van der Waals surface area contributed by atoms with Crippen LogP contribution in [0.4, 0.5) is 11.4 Å². The van der Waals surface area contributed by atoms with Crippen LogP contribution in [0.1, 0.15) is 22.8 Å². The first-order chi connectivity index (χ1) is 13.7. The number of para-hydroxylation sites is 1. The Morgan fingerprint density at radius 1 is 1.10 bits per heavy atom. The zero-order chi connectivity index (χ0) is 21.0. The van der Waals surface area contributed by atoms with Gasteiger partial charge in [0, 0.05) is 36.3 Å². The Kier molecular flexibility index (Phi) is 5.88. The van der Waals surface area contributed by atoms with Crippen LogP contribution in [-0.2, 0) is 21.2 Å². The predicted octanol–water partition coefficient (Wildman–Crippen LogP) is 2.47. The van der Waals surface area contributed by atoms with Crippen molar-refractivity contribution in [3.8, 4) is 0 Å². The lowest BCUT2D eigenvalue weighted by atomic mass is 10.1. The molecule has 2 amide bonds. The average Bonchev–Trinajstić information content (AvgIpc) is 3.04. The molecule has 3 rings (SSSR count). The van der Waals surface area contributed by atoms with E-state index in [2.05, 4.69) is 20.3 Å². The first-order valence-corrected chi connectivity index (χ1v) is 10.8. The minimum absolute atomic E-state index is 0.126. The van der Waals surface area contributed by atoms with Gasteiger partial charge in [0.05, 0.1) is 17.5 Å². The molecule has 1 heterocycles. The molecular weight excluding hydrogens is 392 g/mol. The minimum atomic E-state index is -3.57. The molecule has 4 N–H and O–H groups in total. The number of hydrogen-bond donors (Lipinski definition) is 4. The third-order valence-corrected chi connectivity index (χ3v) is 4.83. The number of hydrogen-bond acceptors (Lipinski definition) is 4. The molecule has 0 radical (unpaired) electrons. The molecule has 0 spiro atoms. The van der Waals surface area contributed by atoms with Gasteiger partial charge in [0.2, 0.25) is 15.9 Å². The maximum atomic E-state index is 12.7. The van der Waals surface area contributed by atoms with Gasteiger partial charge in [-0.1, -0.05) is 18.2 Å². The van der Waals surface area contributed by atoms with Gasteiger partial charge in [-0.3, -0.25) is 14.3 Å². The number of benzene rings is 2. The number of anilines is 2. The molecule has 29 heavy (non-hydrogen) atoms. The first-order valence-electron chi connectivity index (χ1n) is 8.95. The van der Waals surface area contributed by atoms with E-state index in [1.165, 1.54) is 25.1 Å². The van der Waals surface area contributed by atoms with E-state index >= 15 is 0 Å². The van der Waals surface area contributed by atoms with Crippen LogP contribution in [0.3, 0.4) is 0 Å². The molecule has 9 heteroatoms. The van der Waals surface area contributed by atoms with Crippen molar-refractivity contribution in [2.75, 3.05) is 22.8 Å². The second kappa shape index (κ2) is 8.36. The maximum absolute atomic E-state index is 12.7. The van der Waals surface area contributed by atoms with Crippen molar-refractivity contribution in [1.29, 1.82) is 0 Å². The molecular formula is C20H22N4O4S. The number of carbonyl (C=O) groups is 2. The smallest absolute Gasteiger partial charge is 0.253 e. The number of H-pyrrole nitrogens is 1. The fourth-order valence-electron chi connectivity index (χ4n) is 3.05. The topological polar surface area (TPSA) is 120 Å². The Bertz CT molecular complexity index is 1170. The molecule has 0 bridgehead atoms. The van der Waals surface area contributed by atoms with Crippen molar-refractivity contribution in [2.24, 2.45) is 0 Å². The lowest BCUT2D eigenvalue weighted by Crippen LogP contribution is -2.27. The molecule has 0 saturated heterocycles. The number of rotatable bonds is 7. The highest BCUT2D eigenvalue weighted by molar-refractivity contribution is 7.92. The number of carbonyl (C=O) groups excluding carboxylic acids is 2. The van der Waals surface area contributed by atoms with Crippen LogP contribution in [0.25, 0.3) is 10.9 Å². The highest BCUT2D eigenvalue weighted by Crippen LogP contribution is 2.22. The van der Waals surface area contributed by atoms with Crippen molar-refractivity contribution < 1.29 is 18.0 Å². The fourth-order valence-corrected chi connectivity index (χ4v) is 3.62. The first kappa shape index (κ1) is 20.4. The zero-order valence-corrected chi connectivity index (χ0v) is 16.9. The lowest BCUT2D eigenvalue weighted by Gasteiger charge is -2.13. The van der Waals surface area contributed by atoms with Crippen molar-refractivity contribution >= 4 is 44.1 Å². The van der Waals surface area contributed by atoms with E-state index in [-0.39, 0.29) is 17.2 Å². The van der Waals surface area contributed by atoms with Crippen LogP contribution < -0.4 is 15.4 Å². The second-order valence-electron chi connectivity index (χ2n) is 6.68. The summed E-state index contributed by atoms with van der Waals surface area (Å²) in [6.07, 6.45) is 3.52. The summed E-state index contributed by atoms with van der Waals surface area (Å²) in [5.41, 5.74) is 2.77. The summed E-state index contributed by atoms with van der Waals surface area (Å²) in [5, 5.41) is 6.49. The van der Waals surface area contributed by atoms with Gasteiger partial charge in [0.25, 0.3) is 5.91 Å². The van der Waals surface area contributed by atoms with Gasteiger partial charge in [0.15, 0.2) is 0 Å². The Balaban J connectivity index is 1.76. The van der Waals surface area contributed by atoms with Gasteiger partial charge in [-0.15, -0.1) is 0 Å². The van der Waals surface area contributed by atoms with E-state index in [1.54, 1.807) is 0 Å². The van der Waals surface area contributed by atoms with E-state index in [9.17, 15) is 18.0 Å². The number of amides is 2. The van der Waals surface area contributed by atoms with E-state index in [0.717, 1.165) is 22.7 Å². The van der Waals surface area contributed by atoms with Crippen LogP contribution in [0.2, 0.25) is 0 Å². The molecule has 152 valence electrons. The fraction of sp³-hybridized carbons (Fsp3) is 0.200. The maximum Gasteiger partial charge on any atom is 0.253 e. The Hall–Kier alpha value is -3.33. The molecule has 8 nitrogen and oxygen atoms in total. The number of aromatic nitrogens is 1. The Morgan fingerprint density at radius 3 is 2.59 bits per heavy atom. The molecule has 2 aromatic carbocycles. The number of sulfonamides is 1. The van der Waals surface area contributed by atoms with Gasteiger partial charge < -0.3 is 15.6 Å². The lowest BCUT2D eigenvalue weighted by molar-refractivity contribution is -0.114. The molecule has 0 aliphatic rings. The highest BCUT2D eigenvalue weighted by atomic mass is 32.2. The van der Waals surface area contributed by atoms with E-state index in [1.807, 2.05) is 30.5 Å². The summed E-state index contributed by atoms with van der Waals surface area (Å²) in [7, 11) is -3.57. The SMILES string of the molecule is CC(=O)Nc1ccc(NS(C)(=O)=O)c(C(=O)NCCc2c[nH]c3ccccc23)c1. The zero-order valence-electron chi connectivity index (χ0n) is 16.1. The third-order valence-electron chi connectivity index (χ3n) is 4.23. The molecule has 0 saturated carbocycles. The summed E-state index contributed by atoms with van der Waals surface area (Å²) in [4.78, 5) is 27.2. The van der Waals surface area contributed by atoms with Crippen molar-refractivity contribution in [3.63, 3.8) is 0 Å². The summed E-state index contributed by atoms with van der Waals surface area (Å²) >= 11 is 0. The second-order valence-corrected chi connectivity index (χ2v) is 8.43. The molecule has 0 fully saturated rings. The van der Waals surface area contributed by atoms with Gasteiger partial charge >= 0.3 is 0 Å². The van der Waals surface area contributed by atoms with E-state index in [0.29, 0.717) is 18.7 Å². The van der Waals surface area contributed by atoms with Crippen molar-refractivity contribution in [1.82, 2.24) is 10.3 Å². The monoisotopic (exact) mass is 414 g/mol. The number of fused-ring (bicyclic) bond motifs is 1. The quantitative estimate of drug-likeness (QED) is 0.475. The summed E-state index contributed by atoms with van der Waals surface area (Å²) in [5.74, 6) is -0.734. The number of aromatic amines is 1. The summed E-state index contributed by atoms with van der Waals surface area (Å²) < 4.78 is 25.6. The Labute approximate surface area is 168 Å². The highest BCUT2D eigenvalue weighted by Gasteiger charge is 2.16. The minimum Gasteiger partial charge on any atom is -0.361 e. The van der Waals surface area contributed by atoms with Crippen LogP contribution in [0, 0.1) is 0 Å². The van der Waals surface area contributed by atoms with Crippen molar-refractivity contribution in [2.45, 2.75) is 13.3 Å². The largest absolute Gasteiger partial charge is 0.361 e. The molecule has 1 aromatic heterocycles. The van der Waals surface area contributed by atoms with E-state index < -0.39 is 15.9 Å².